The summed E-state index contributed by atoms with van der Waals surface area (Å²) >= 11 is 0. The topological polar surface area (TPSA) is 50.8 Å². The summed E-state index contributed by atoms with van der Waals surface area (Å²) in [5, 5.41) is 2.80. The van der Waals surface area contributed by atoms with Gasteiger partial charge in [0.1, 0.15) is 5.82 Å². The molecule has 5 nitrogen and oxygen atoms in total. The molecule has 0 aromatic heterocycles. The minimum Gasteiger partial charge on any atom is -0.348 e. The van der Waals surface area contributed by atoms with Crippen molar-refractivity contribution < 1.29 is 18.7 Å². The third-order valence-electron chi connectivity index (χ3n) is 4.16. The van der Waals surface area contributed by atoms with E-state index in [0.29, 0.717) is 25.3 Å². The first-order valence-corrected chi connectivity index (χ1v) is 7.77. The van der Waals surface area contributed by atoms with Crippen molar-refractivity contribution in [2.75, 3.05) is 19.8 Å². The monoisotopic (exact) mass is 308 g/mol. The van der Waals surface area contributed by atoms with Gasteiger partial charge in [0.2, 0.25) is 0 Å². The van der Waals surface area contributed by atoms with E-state index in [4.69, 9.17) is 9.47 Å². The van der Waals surface area contributed by atoms with Crippen LogP contribution in [0.25, 0.3) is 0 Å². The number of piperidine rings is 1. The summed E-state index contributed by atoms with van der Waals surface area (Å²) in [6, 6.07) is 6.21. The summed E-state index contributed by atoms with van der Waals surface area (Å²) in [6.07, 6.45) is 2.57. The molecule has 0 saturated carbocycles. The van der Waals surface area contributed by atoms with E-state index in [2.05, 4.69) is 5.32 Å². The molecule has 2 fully saturated rings. The molecule has 2 heterocycles. The normalized spacial score (nSPS) is 22.8. The molecule has 120 valence electrons. The van der Waals surface area contributed by atoms with Crippen LogP contribution in [0.5, 0.6) is 0 Å². The Bertz CT molecular complexity index is 520. The number of hydrogen-bond donors (Lipinski definition) is 1. The van der Waals surface area contributed by atoms with Crippen LogP contribution in [-0.4, -0.2) is 43.0 Å². The molecule has 1 aromatic rings. The van der Waals surface area contributed by atoms with E-state index >= 15 is 0 Å². The molecule has 6 heteroatoms. The van der Waals surface area contributed by atoms with Crippen molar-refractivity contribution in [2.24, 2.45) is 0 Å². The maximum Gasteiger partial charge on any atom is 0.318 e. The first-order chi connectivity index (χ1) is 10.8. The lowest BCUT2D eigenvalue weighted by atomic mass is 10.0. The molecule has 0 bridgehead atoms. The molecule has 2 aliphatic heterocycles. The summed E-state index contributed by atoms with van der Waals surface area (Å²) in [5.41, 5.74) is 0.484. The van der Waals surface area contributed by atoms with Crippen LogP contribution in [0.15, 0.2) is 24.3 Å². The second kappa shape index (κ2) is 7.07. The zero-order chi connectivity index (χ0) is 15.4. The highest BCUT2D eigenvalue weighted by Gasteiger charge is 2.36. The Kier molecular flexibility index (Phi) is 4.90. The van der Waals surface area contributed by atoms with Gasteiger partial charge in [-0.15, -0.1) is 0 Å². The molecule has 22 heavy (non-hydrogen) atoms. The average molecular weight is 308 g/mol. The van der Waals surface area contributed by atoms with E-state index < -0.39 is 0 Å². The standard InChI is InChI=1S/C16H21FN2O3/c17-13-6-2-1-5-12(13)11-18-16(20)19-8-4-3-7-14(19)15-21-9-10-22-15/h1-2,5-6,14-15H,3-4,7-11H2,(H,18,20). The lowest BCUT2D eigenvalue weighted by molar-refractivity contribution is -0.0983. The molecule has 2 aliphatic rings. The van der Waals surface area contributed by atoms with Crippen LogP contribution in [-0.2, 0) is 16.0 Å². The quantitative estimate of drug-likeness (QED) is 0.932. The van der Waals surface area contributed by atoms with Gasteiger partial charge in [-0.25, -0.2) is 9.18 Å². The number of likely N-dealkylation sites (tertiary alicyclic amines) is 1. The average Bonchev–Trinajstić information content (AvgIpc) is 3.08. The molecule has 1 atom stereocenters. The van der Waals surface area contributed by atoms with Crippen LogP contribution in [0.3, 0.4) is 0 Å². The highest BCUT2D eigenvalue weighted by molar-refractivity contribution is 5.74. The van der Waals surface area contributed by atoms with Gasteiger partial charge in [-0.05, 0) is 25.3 Å². The maximum absolute atomic E-state index is 13.6. The van der Waals surface area contributed by atoms with E-state index in [1.807, 2.05) is 0 Å². The highest BCUT2D eigenvalue weighted by Crippen LogP contribution is 2.24. The van der Waals surface area contributed by atoms with E-state index in [0.717, 1.165) is 19.3 Å². The fourth-order valence-electron chi connectivity index (χ4n) is 3.01. The first-order valence-electron chi connectivity index (χ1n) is 7.77. The van der Waals surface area contributed by atoms with Gasteiger partial charge in [0.25, 0.3) is 0 Å². The van der Waals surface area contributed by atoms with Crippen molar-refractivity contribution >= 4 is 6.03 Å². The molecule has 1 unspecified atom stereocenters. The molecule has 0 spiro atoms. The number of benzene rings is 1. The predicted molar refractivity (Wildman–Crippen MR) is 78.7 cm³/mol. The van der Waals surface area contributed by atoms with E-state index in [1.54, 1.807) is 23.1 Å². The number of rotatable bonds is 3. The van der Waals surface area contributed by atoms with Crippen LogP contribution in [0.1, 0.15) is 24.8 Å². The Balaban J connectivity index is 1.61. The molecule has 1 N–H and O–H groups in total. The summed E-state index contributed by atoms with van der Waals surface area (Å²) in [5.74, 6) is -0.305. The summed E-state index contributed by atoms with van der Waals surface area (Å²) in [7, 11) is 0. The molecule has 0 radical (unpaired) electrons. The number of nitrogens with zero attached hydrogens (tertiary/aromatic N) is 1. The van der Waals surface area contributed by atoms with E-state index in [-0.39, 0.29) is 30.7 Å². The lowest BCUT2D eigenvalue weighted by Crippen LogP contribution is -2.53. The number of hydrogen-bond acceptors (Lipinski definition) is 3. The van der Waals surface area contributed by atoms with Gasteiger partial charge in [-0.2, -0.15) is 0 Å². The number of urea groups is 1. The number of amides is 2. The number of carbonyl (C=O) groups is 1. The van der Waals surface area contributed by atoms with Gasteiger partial charge >= 0.3 is 6.03 Å². The Labute approximate surface area is 129 Å². The Morgan fingerprint density at radius 3 is 2.82 bits per heavy atom. The summed E-state index contributed by atoms with van der Waals surface area (Å²) in [4.78, 5) is 14.2. The molecular weight excluding hydrogens is 287 g/mol. The zero-order valence-electron chi connectivity index (χ0n) is 12.5. The van der Waals surface area contributed by atoms with Crippen molar-refractivity contribution in [3.05, 3.63) is 35.6 Å². The van der Waals surface area contributed by atoms with Gasteiger partial charge in [0, 0.05) is 18.7 Å². The molecule has 2 saturated heterocycles. The van der Waals surface area contributed by atoms with Crippen LogP contribution in [0, 0.1) is 5.82 Å². The smallest absolute Gasteiger partial charge is 0.318 e. The number of halogens is 1. The summed E-state index contributed by atoms with van der Waals surface area (Å²) in [6.45, 7) is 2.01. The van der Waals surface area contributed by atoms with Crippen molar-refractivity contribution in [3.8, 4) is 0 Å². The predicted octanol–water partition coefficient (Wildman–Crippen LogP) is 2.26. The number of nitrogens with one attached hydrogen (secondary N) is 1. The van der Waals surface area contributed by atoms with Gasteiger partial charge in [0.05, 0.1) is 19.3 Å². The minimum atomic E-state index is -0.334. The van der Waals surface area contributed by atoms with Crippen molar-refractivity contribution in [1.29, 1.82) is 0 Å². The van der Waals surface area contributed by atoms with Gasteiger partial charge in [-0.1, -0.05) is 18.2 Å². The minimum absolute atomic E-state index is 0.0585. The highest BCUT2D eigenvalue weighted by atomic mass is 19.1. The Morgan fingerprint density at radius 1 is 1.27 bits per heavy atom. The van der Waals surface area contributed by atoms with Crippen molar-refractivity contribution in [3.63, 3.8) is 0 Å². The first kappa shape index (κ1) is 15.2. The molecule has 0 aliphatic carbocycles. The van der Waals surface area contributed by atoms with Crippen LogP contribution in [0.2, 0.25) is 0 Å². The number of ether oxygens (including phenoxy) is 2. The van der Waals surface area contributed by atoms with Crippen molar-refractivity contribution in [1.82, 2.24) is 10.2 Å². The van der Waals surface area contributed by atoms with E-state index in [1.165, 1.54) is 6.07 Å². The largest absolute Gasteiger partial charge is 0.348 e. The Morgan fingerprint density at radius 2 is 2.05 bits per heavy atom. The third-order valence-corrected chi connectivity index (χ3v) is 4.16. The summed E-state index contributed by atoms with van der Waals surface area (Å²) < 4.78 is 24.7. The van der Waals surface area contributed by atoms with Gasteiger partial charge in [-0.3, -0.25) is 0 Å². The molecule has 1 aromatic carbocycles. The fraction of sp³-hybridized carbons (Fsp3) is 0.562. The Hall–Kier alpha value is -1.66. The molecule has 3 rings (SSSR count). The van der Waals surface area contributed by atoms with Crippen LogP contribution < -0.4 is 5.32 Å². The van der Waals surface area contributed by atoms with Crippen LogP contribution in [0.4, 0.5) is 9.18 Å². The van der Waals surface area contributed by atoms with Crippen molar-refractivity contribution in [2.45, 2.75) is 38.1 Å². The fourth-order valence-corrected chi connectivity index (χ4v) is 3.01. The second-order valence-corrected chi connectivity index (χ2v) is 5.62. The third kappa shape index (κ3) is 3.39. The zero-order valence-corrected chi connectivity index (χ0v) is 12.5. The van der Waals surface area contributed by atoms with E-state index in [9.17, 15) is 9.18 Å². The van der Waals surface area contributed by atoms with Gasteiger partial charge < -0.3 is 19.7 Å². The van der Waals surface area contributed by atoms with Gasteiger partial charge in [0.15, 0.2) is 6.29 Å². The lowest BCUT2D eigenvalue weighted by Gasteiger charge is -2.37. The van der Waals surface area contributed by atoms with Crippen LogP contribution >= 0.6 is 0 Å². The SMILES string of the molecule is O=C(NCc1ccccc1F)N1CCCCC1C1OCCO1. The second-order valence-electron chi connectivity index (χ2n) is 5.62. The molecular formula is C16H21FN2O3. The number of carbonyl (C=O) groups excluding carboxylic acids is 1. The maximum atomic E-state index is 13.6. The molecule has 2 amide bonds.